The van der Waals surface area contributed by atoms with E-state index in [1.165, 1.54) is 4.57 Å². The molecule has 0 N–H and O–H groups in total. The molecule has 33 heteroatoms. The number of aromatic nitrogens is 2. The van der Waals surface area contributed by atoms with E-state index in [0.29, 0.717) is 54.6 Å². The number of hydrogen-bond acceptors (Lipinski definition) is 1. The minimum Gasteiger partial charge on any atom is -0.309 e. The molecule has 0 fully saturated rings. The van der Waals surface area contributed by atoms with Gasteiger partial charge in [0.15, 0.2) is 0 Å². The number of benzene rings is 11. The van der Waals surface area contributed by atoms with Crippen LogP contribution in [0.4, 0.5) is 132 Å². The van der Waals surface area contributed by atoms with Gasteiger partial charge in [-0.25, -0.2) is 0 Å². The highest BCUT2D eigenvalue weighted by Gasteiger charge is 2.43. The SMILES string of the molecule is N#Cc1ccc(-n2c3ccc(-c4cc(C(F)(F)F)cc(C(F)(F)F)c4)cc3c3cc(-c4cc(C(F)(F)F)cc(C(F)(F)F)c4)ccc32)cc1-c1cc(-c2ccc(C(F)(F)F)cc2C(F)(F)F)ccc1-n1c2ccc(-c3cc(C(F)(F)F)cc(C(F)(F)F)c3)cc2c2cc(-c3cc(C(F)(F)F)cc(C(F)(F)F)c3)ccc21. The highest BCUT2D eigenvalue weighted by molar-refractivity contribution is 6.14. The van der Waals surface area contributed by atoms with E-state index in [2.05, 4.69) is 0 Å². The van der Waals surface area contributed by atoms with Crippen LogP contribution in [0, 0.1) is 11.3 Å². The molecular weight excluding hydrogens is 1540 g/mol. The van der Waals surface area contributed by atoms with E-state index in [4.69, 9.17) is 0 Å². The summed E-state index contributed by atoms with van der Waals surface area (Å²) in [6.07, 6.45) is -54.7. The maximum atomic E-state index is 15.3. The quantitative estimate of drug-likeness (QED) is 0.140. The van der Waals surface area contributed by atoms with E-state index in [-0.39, 0.29) is 91.4 Å². The van der Waals surface area contributed by atoms with Crippen LogP contribution in [0.15, 0.2) is 200 Å². The minimum absolute atomic E-state index is 0.173. The molecule has 0 saturated carbocycles. The normalized spacial score (nSPS) is 13.4. The molecule has 2 heterocycles. The molecule has 2 aromatic heterocycles. The lowest BCUT2D eigenvalue weighted by Crippen LogP contribution is -2.12. The number of nitriles is 1. The third-order valence-corrected chi connectivity index (χ3v) is 18.1. The van der Waals surface area contributed by atoms with Crippen LogP contribution >= 0.6 is 0 Å². The van der Waals surface area contributed by atoms with Crippen LogP contribution in [0.1, 0.15) is 61.2 Å². The molecule has 0 radical (unpaired) electrons. The fraction of sp³-hybridized carbons (Fsp3) is 0.130. The molecule has 0 unspecified atom stereocenters. The molecule has 0 bridgehead atoms. The smallest absolute Gasteiger partial charge is 0.309 e. The number of hydrogen-bond donors (Lipinski definition) is 0. The summed E-state index contributed by atoms with van der Waals surface area (Å²) >= 11 is 0. The van der Waals surface area contributed by atoms with Crippen LogP contribution < -0.4 is 0 Å². The lowest BCUT2D eigenvalue weighted by Gasteiger charge is -2.20. The van der Waals surface area contributed by atoms with Crippen molar-refractivity contribution in [3.8, 4) is 84.2 Å². The first kappa shape index (κ1) is 76.6. The Morgan fingerprint density at radius 3 is 0.782 bits per heavy atom. The molecule has 13 rings (SSSR count). The Morgan fingerprint density at radius 1 is 0.209 bits per heavy atom. The van der Waals surface area contributed by atoms with Gasteiger partial charge in [-0.1, -0.05) is 36.4 Å². The Morgan fingerprint density at radius 2 is 0.500 bits per heavy atom. The molecule has 13 aromatic rings. The first-order valence-electron chi connectivity index (χ1n) is 31.1. The summed E-state index contributed by atoms with van der Waals surface area (Å²) in [4.78, 5) is 0. The molecule has 11 aromatic carbocycles. The largest absolute Gasteiger partial charge is 0.417 e. The predicted molar refractivity (Wildman–Crippen MR) is 342 cm³/mol. The molecule has 0 spiro atoms. The van der Waals surface area contributed by atoms with Gasteiger partial charge in [-0.05, 0) is 219 Å². The van der Waals surface area contributed by atoms with Crippen molar-refractivity contribution in [3.05, 3.63) is 261 Å². The molecule has 0 aliphatic carbocycles. The van der Waals surface area contributed by atoms with Crippen molar-refractivity contribution < 1.29 is 132 Å². The van der Waals surface area contributed by atoms with Crippen molar-refractivity contribution in [3.63, 3.8) is 0 Å². The zero-order valence-corrected chi connectivity index (χ0v) is 53.7. The molecule has 566 valence electrons. The van der Waals surface area contributed by atoms with Gasteiger partial charge in [-0.15, -0.1) is 0 Å². The fourth-order valence-corrected chi connectivity index (χ4v) is 13.1. The van der Waals surface area contributed by atoms with E-state index in [0.717, 1.165) is 114 Å². The lowest BCUT2D eigenvalue weighted by atomic mass is 9.91. The van der Waals surface area contributed by atoms with Crippen LogP contribution in [-0.4, -0.2) is 9.13 Å². The van der Waals surface area contributed by atoms with Gasteiger partial charge in [0.25, 0.3) is 0 Å². The van der Waals surface area contributed by atoms with Gasteiger partial charge in [-0.2, -0.15) is 137 Å². The highest BCUT2D eigenvalue weighted by Crippen LogP contribution is 2.51. The second-order valence-corrected chi connectivity index (χ2v) is 25.1. The summed E-state index contributed by atoms with van der Waals surface area (Å²) in [5.41, 5.74) is -27.9. The number of halogens is 30. The van der Waals surface area contributed by atoms with Gasteiger partial charge in [0, 0.05) is 38.4 Å². The monoisotopic (exact) mass is 1570 g/mol. The average molecular weight is 1570 g/mol. The zero-order valence-electron chi connectivity index (χ0n) is 53.7. The Hall–Kier alpha value is -11.6. The van der Waals surface area contributed by atoms with Crippen molar-refractivity contribution >= 4 is 43.6 Å². The molecule has 0 aliphatic heterocycles. The third-order valence-electron chi connectivity index (χ3n) is 18.1. The molecule has 0 saturated heterocycles. The van der Waals surface area contributed by atoms with Crippen molar-refractivity contribution in [2.45, 2.75) is 61.8 Å². The zero-order chi connectivity index (χ0) is 80.2. The molecule has 0 atom stereocenters. The molecular formula is C77H33F30N3. The van der Waals surface area contributed by atoms with Gasteiger partial charge in [0.1, 0.15) is 0 Å². The highest BCUT2D eigenvalue weighted by atomic mass is 19.4. The first-order valence-corrected chi connectivity index (χ1v) is 31.1. The van der Waals surface area contributed by atoms with Crippen LogP contribution in [0.25, 0.3) is 122 Å². The van der Waals surface area contributed by atoms with Gasteiger partial charge >= 0.3 is 61.8 Å². The minimum atomic E-state index is -5.64. The van der Waals surface area contributed by atoms with E-state index in [1.54, 1.807) is 0 Å². The van der Waals surface area contributed by atoms with Crippen molar-refractivity contribution in [1.29, 1.82) is 5.26 Å². The Bertz CT molecular complexity index is 5560. The number of alkyl halides is 30. The van der Waals surface area contributed by atoms with Gasteiger partial charge in [0.2, 0.25) is 0 Å². The van der Waals surface area contributed by atoms with E-state index in [1.807, 2.05) is 6.07 Å². The molecule has 3 nitrogen and oxygen atoms in total. The van der Waals surface area contributed by atoms with E-state index in [9.17, 15) is 124 Å². The molecule has 0 amide bonds. The molecule has 0 aliphatic rings. The topological polar surface area (TPSA) is 33.6 Å². The maximum absolute atomic E-state index is 15.3. The third kappa shape index (κ3) is 14.6. The summed E-state index contributed by atoms with van der Waals surface area (Å²) in [5, 5.41) is 9.97. The number of rotatable bonds is 8. The van der Waals surface area contributed by atoms with Crippen molar-refractivity contribution in [2.75, 3.05) is 0 Å². The first-order chi connectivity index (χ1) is 50.7. The van der Waals surface area contributed by atoms with Gasteiger partial charge in [-0.3, -0.25) is 0 Å². The van der Waals surface area contributed by atoms with Crippen LogP contribution in [-0.2, 0) is 61.8 Å². The summed E-state index contributed by atoms with van der Waals surface area (Å²) < 4.78 is 437. The fourth-order valence-electron chi connectivity index (χ4n) is 13.1. The average Bonchev–Trinajstić information content (AvgIpc) is 1.57. The van der Waals surface area contributed by atoms with Crippen LogP contribution in [0.3, 0.4) is 0 Å². The van der Waals surface area contributed by atoms with E-state index < -0.39 is 190 Å². The Labute approximate surface area is 595 Å². The second kappa shape index (κ2) is 25.8. The Balaban J connectivity index is 1.13. The molecule has 110 heavy (non-hydrogen) atoms. The van der Waals surface area contributed by atoms with Gasteiger partial charge < -0.3 is 9.13 Å². The Kier molecular flexibility index (Phi) is 18.0. The van der Waals surface area contributed by atoms with Crippen molar-refractivity contribution in [1.82, 2.24) is 9.13 Å². The van der Waals surface area contributed by atoms with Crippen LogP contribution in [0.5, 0.6) is 0 Å². The number of fused-ring (bicyclic) bond motifs is 6. The summed E-state index contributed by atoms with van der Waals surface area (Å²) in [7, 11) is 0. The summed E-state index contributed by atoms with van der Waals surface area (Å²) in [6, 6.07) is 22.0. The summed E-state index contributed by atoms with van der Waals surface area (Å²) in [5.74, 6) is 0. The van der Waals surface area contributed by atoms with Crippen LogP contribution in [0.2, 0.25) is 0 Å². The van der Waals surface area contributed by atoms with Gasteiger partial charge in [0.05, 0.1) is 95.0 Å². The maximum Gasteiger partial charge on any atom is 0.417 e. The summed E-state index contributed by atoms with van der Waals surface area (Å²) in [6.45, 7) is 0. The number of nitrogens with zero attached hydrogens (tertiary/aromatic N) is 3. The van der Waals surface area contributed by atoms with Crippen molar-refractivity contribution in [2.24, 2.45) is 0 Å². The van der Waals surface area contributed by atoms with E-state index >= 15 is 13.2 Å². The standard InChI is InChI=1S/C77H33F30N3/c78-68(79,80)45-7-9-55(62(32-45)77(105,106)107)39-6-14-65(110-66-12-4-37(43-19-50(73(93,94)95)30-51(20-43)74(96,97)98)25-60(66)61-26-38(5-13-67(61)110)44-21-52(75(99,100)101)31-53(22-44)76(102,103)104)57(27-39)56-33-54(8-1-40(56)34-108)109-63-10-2-35(41-15-46(69(81,82)83)28-47(16-41)70(84,85)86)23-58(63)59-24-36(3-11-64(59)109)42-17-48(71(87,88)89)29-49(18-42)72(90,91)92/h1-33H. The lowest BCUT2D eigenvalue weighted by molar-refractivity contribution is -0.144. The predicted octanol–water partition coefficient (Wildman–Crippen LogP) is 27.9. The second-order valence-electron chi connectivity index (χ2n) is 25.1.